The molecule has 0 spiro atoms. The number of ketones is 1. The van der Waals surface area contributed by atoms with E-state index in [0.29, 0.717) is 11.3 Å². The fourth-order valence-electron chi connectivity index (χ4n) is 2.26. The molecule has 1 aromatic carbocycles. The summed E-state index contributed by atoms with van der Waals surface area (Å²) in [5.41, 5.74) is 1.78. The number of rotatable bonds is 8. The van der Waals surface area contributed by atoms with Gasteiger partial charge in [0.2, 0.25) is 5.91 Å². The van der Waals surface area contributed by atoms with Crippen molar-refractivity contribution in [1.82, 2.24) is 5.32 Å². The van der Waals surface area contributed by atoms with Gasteiger partial charge in [-0.25, -0.2) is 0 Å². The molecular weight excluding hydrogens is 294 g/mol. The number of nitrogens with one attached hydrogen (secondary N) is 1. The van der Waals surface area contributed by atoms with Gasteiger partial charge in [0.1, 0.15) is 11.8 Å². The van der Waals surface area contributed by atoms with Gasteiger partial charge in [-0.2, -0.15) is 0 Å². The van der Waals surface area contributed by atoms with Crippen molar-refractivity contribution >= 4 is 11.7 Å². The molecule has 0 aliphatic rings. The van der Waals surface area contributed by atoms with Crippen LogP contribution >= 0.6 is 0 Å². The predicted octanol–water partition coefficient (Wildman–Crippen LogP) is 2.65. The number of hydrogen-bond acceptors (Lipinski definition) is 4. The smallest absolute Gasteiger partial charge is 0.221 e. The van der Waals surface area contributed by atoms with E-state index in [1.807, 2.05) is 12.1 Å². The maximum atomic E-state index is 12.1. The van der Waals surface area contributed by atoms with Crippen LogP contribution in [0, 0.1) is 0 Å². The second kappa shape index (κ2) is 8.29. The number of amides is 1. The molecule has 1 heterocycles. The molecule has 0 bridgehead atoms. The number of carbonyl (C=O) groups is 2. The van der Waals surface area contributed by atoms with Gasteiger partial charge in [0, 0.05) is 18.4 Å². The van der Waals surface area contributed by atoms with Crippen molar-refractivity contribution in [2.75, 3.05) is 6.61 Å². The highest BCUT2D eigenvalue weighted by atomic mass is 16.3. The third-order valence-corrected chi connectivity index (χ3v) is 3.67. The molecule has 23 heavy (non-hydrogen) atoms. The van der Waals surface area contributed by atoms with Crippen molar-refractivity contribution in [3.05, 3.63) is 59.5 Å². The molecule has 0 saturated carbocycles. The second-order valence-electron chi connectivity index (χ2n) is 5.29. The van der Waals surface area contributed by atoms with E-state index in [9.17, 15) is 14.7 Å². The minimum atomic E-state index is -0.587. The molecule has 0 saturated heterocycles. The lowest BCUT2D eigenvalue weighted by molar-refractivity contribution is -0.122. The SMILES string of the molecule is CCc1ccc(C(=O)CCC(=O)NC(CO)c2ccco2)cc1. The third kappa shape index (κ3) is 4.79. The van der Waals surface area contributed by atoms with E-state index in [-0.39, 0.29) is 31.1 Å². The van der Waals surface area contributed by atoms with E-state index in [1.54, 1.807) is 24.3 Å². The fraction of sp³-hybridized carbons (Fsp3) is 0.333. The molecule has 1 unspecified atom stereocenters. The quantitative estimate of drug-likeness (QED) is 0.734. The van der Waals surface area contributed by atoms with Crippen molar-refractivity contribution < 1.29 is 19.1 Å². The maximum absolute atomic E-state index is 12.1. The number of furan rings is 1. The van der Waals surface area contributed by atoms with Crippen LogP contribution in [0.2, 0.25) is 0 Å². The zero-order valence-electron chi connectivity index (χ0n) is 13.1. The molecule has 1 amide bonds. The van der Waals surface area contributed by atoms with Crippen LogP contribution in [0.3, 0.4) is 0 Å². The van der Waals surface area contributed by atoms with Crippen molar-refractivity contribution in [3.8, 4) is 0 Å². The zero-order valence-corrected chi connectivity index (χ0v) is 13.1. The Morgan fingerprint density at radius 1 is 1.17 bits per heavy atom. The van der Waals surface area contributed by atoms with Gasteiger partial charge in [-0.05, 0) is 24.1 Å². The van der Waals surface area contributed by atoms with Crippen LogP contribution in [0.5, 0.6) is 0 Å². The minimum Gasteiger partial charge on any atom is -0.467 e. The Labute approximate surface area is 135 Å². The summed E-state index contributed by atoms with van der Waals surface area (Å²) >= 11 is 0. The standard InChI is InChI=1S/C18H21NO4/c1-2-13-5-7-14(8-6-13)16(21)9-10-18(22)19-15(12-20)17-4-3-11-23-17/h3-8,11,15,20H,2,9-10,12H2,1H3,(H,19,22). The van der Waals surface area contributed by atoms with Gasteiger partial charge in [0.15, 0.2) is 5.78 Å². The van der Waals surface area contributed by atoms with Crippen LogP contribution in [0.25, 0.3) is 0 Å². The molecule has 5 nitrogen and oxygen atoms in total. The van der Waals surface area contributed by atoms with E-state index in [1.165, 1.54) is 11.8 Å². The van der Waals surface area contributed by atoms with Gasteiger partial charge >= 0.3 is 0 Å². The summed E-state index contributed by atoms with van der Waals surface area (Å²) in [6.07, 6.45) is 2.61. The summed E-state index contributed by atoms with van der Waals surface area (Å²) in [4.78, 5) is 24.0. The van der Waals surface area contributed by atoms with Crippen LogP contribution < -0.4 is 5.32 Å². The Morgan fingerprint density at radius 3 is 2.48 bits per heavy atom. The number of aliphatic hydroxyl groups is 1. The van der Waals surface area contributed by atoms with E-state index in [0.717, 1.165) is 6.42 Å². The van der Waals surface area contributed by atoms with Crippen LogP contribution in [-0.2, 0) is 11.2 Å². The predicted molar refractivity (Wildman–Crippen MR) is 86.1 cm³/mol. The van der Waals surface area contributed by atoms with E-state index >= 15 is 0 Å². The van der Waals surface area contributed by atoms with Gasteiger partial charge in [0.25, 0.3) is 0 Å². The van der Waals surface area contributed by atoms with Crippen LogP contribution in [-0.4, -0.2) is 23.4 Å². The number of Topliss-reactive ketones (excluding diaryl/α,β-unsaturated/α-hetero) is 1. The molecule has 0 aliphatic carbocycles. The van der Waals surface area contributed by atoms with Gasteiger partial charge < -0.3 is 14.8 Å². The first kappa shape index (κ1) is 17.0. The first-order valence-corrected chi connectivity index (χ1v) is 7.69. The number of benzene rings is 1. The average molecular weight is 315 g/mol. The number of aryl methyl sites for hydroxylation is 1. The van der Waals surface area contributed by atoms with Gasteiger partial charge in [-0.1, -0.05) is 31.2 Å². The normalized spacial score (nSPS) is 11.9. The lowest BCUT2D eigenvalue weighted by Crippen LogP contribution is -2.30. The number of carbonyl (C=O) groups excluding carboxylic acids is 2. The van der Waals surface area contributed by atoms with Crippen molar-refractivity contribution in [2.24, 2.45) is 0 Å². The monoisotopic (exact) mass is 315 g/mol. The summed E-state index contributed by atoms with van der Waals surface area (Å²) < 4.78 is 5.16. The van der Waals surface area contributed by atoms with E-state index in [2.05, 4.69) is 12.2 Å². The lowest BCUT2D eigenvalue weighted by Gasteiger charge is -2.13. The molecule has 2 aromatic rings. The summed E-state index contributed by atoms with van der Waals surface area (Å²) in [5, 5.41) is 12.0. The Kier molecular flexibility index (Phi) is 6.11. The van der Waals surface area contributed by atoms with Gasteiger partial charge in [0.05, 0.1) is 12.9 Å². The van der Waals surface area contributed by atoms with E-state index in [4.69, 9.17) is 4.42 Å². The molecule has 0 radical (unpaired) electrons. The Hall–Kier alpha value is -2.40. The highest BCUT2D eigenvalue weighted by Gasteiger charge is 2.17. The topological polar surface area (TPSA) is 79.5 Å². The molecule has 0 fully saturated rings. The molecule has 5 heteroatoms. The third-order valence-electron chi connectivity index (χ3n) is 3.67. The molecule has 2 N–H and O–H groups in total. The molecular formula is C18H21NO4. The summed E-state index contributed by atoms with van der Waals surface area (Å²) in [7, 11) is 0. The van der Waals surface area contributed by atoms with Crippen LogP contribution in [0.1, 0.15) is 47.5 Å². The second-order valence-corrected chi connectivity index (χ2v) is 5.29. The number of aliphatic hydroxyl groups excluding tert-OH is 1. The summed E-state index contributed by atoms with van der Waals surface area (Å²) in [6.45, 7) is 1.80. The van der Waals surface area contributed by atoms with Gasteiger partial charge in [-0.15, -0.1) is 0 Å². The van der Waals surface area contributed by atoms with Crippen LogP contribution in [0.4, 0.5) is 0 Å². The first-order valence-electron chi connectivity index (χ1n) is 7.69. The van der Waals surface area contributed by atoms with Crippen molar-refractivity contribution in [1.29, 1.82) is 0 Å². The number of hydrogen-bond donors (Lipinski definition) is 2. The Balaban J connectivity index is 1.84. The molecule has 1 aromatic heterocycles. The summed E-state index contributed by atoms with van der Waals surface area (Å²) in [6, 6.07) is 10.2. The first-order chi connectivity index (χ1) is 11.1. The highest BCUT2D eigenvalue weighted by Crippen LogP contribution is 2.13. The minimum absolute atomic E-state index is 0.0682. The van der Waals surface area contributed by atoms with E-state index < -0.39 is 6.04 Å². The van der Waals surface area contributed by atoms with Crippen molar-refractivity contribution in [2.45, 2.75) is 32.2 Å². The largest absolute Gasteiger partial charge is 0.467 e. The van der Waals surface area contributed by atoms with Crippen LogP contribution in [0.15, 0.2) is 47.1 Å². The van der Waals surface area contributed by atoms with Gasteiger partial charge in [-0.3, -0.25) is 9.59 Å². The highest BCUT2D eigenvalue weighted by molar-refractivity contribution is 5.98. The zero-order chi connectivity index (χ0) is 16.7. The molecule has 1 atom stereocenters. The Bertz CT molecular complexity index is 632. The fourth-order valence-corrected chi connectivity index (χ4v) is 2.26. The maximum Gasteiger partial charge on any atom is 0.221 e. The molecule has 122 valence electrons. The average Bonchev–Trinajstić information content (AvgIpc) is 3.12. The lowest BCUT2D eigenvalue weighted by atomic mass is 10.0. The molecule has 2 rings (SSSR count). The molecule has 0 aliphatic heterocycles. The summed E-state index contributed by atoms with van der Waals surface area (Å²) in [5.74, 6) is 0.127. The Morgan fingerprint density at radius 2 is 1.91 bits per heavy atom. The van der Waals surface area contributed by atoms with Crippen molar-refractivity contribution in [3.63, 3.8) is 0 Å².